The van der Waals surface area contributed by atoms with E-state index in [2.05, 4.69) is 33.9 Å². The van der Waals surface area contributed by atoms with Gasteiger partial charge in [0.2, 0.25) is 5.91 Å². The van der Waals surface area contributed by atoms with E-state index in [0.29, 0.717) is 11.6 Å². The molecule has 0 spiro atoms. The largest absolute Gasteiger partial charge is 0.378 e. The van der Waals surface area contributed by atoms with Crippen LogP contribution in [-0.2, 0) is 9.53 Å². The summed E-state index contributed by atoms with van der Waals surface area (Å²) in [7, 11) is 1.66. The number of benzene rings is 2. The van der Waals surface area contributed by atoms with Gasteiger partial charge >= 0.3 is 0 Å². The third-order valence-electron chi connectivity index (χ3n) is 6.78. The first-order valence-electron chi connectivity index (χ1n) is 12.5. The fraction of sp³-hybridized carbons (Fsp3) is 0.481. The van der Waals surface area contributed by atoms with Gasteiger partial charge in [0.05, 0.1) is 19.8 Å². The molecule has 2 amide bonds. The number of hydrogen-bond donors (Lipinski definition) is 1. The topological polar surface area (TPSA) is 68.4 Å². The van der Waals surface area contributed by atoms with E-state index in [1.807, 2.05) is 48.5 Å². The Morgan fingerprint density at radius 3 is 1.97 bits per heavy atom. The van der Waals surface area contributed by atoms with Gasteiger partial charge < -0.3 is 24.8 Å². The van der Waals surface area contributed by atoms with Crippen LogP contribution in [0.3, 0.4) is 0 Å². The number of anilines is 3. The van der Waals surface area contributed by atoms with Gasteiger partial charge in [0.1, 0.15) is 0 Å². The van der Waals surface area contributed by atoms with E-state index in [4.69, 9.17) is 4.74 Å². The molecule has 8 heteroatoms. The summed E-state index contributed by atoms with van der Waals surface area (Å²) >= 11 is 0. The number of hydrogen-bond acceptors (Lipinski definition) is 6. The molecule has 0 saturated carbocycles. The van der Waals surface area contributed by atoms with Gasteiger partial charge in [-0.05, 0) is 62.4 Å². The van der Waals surface area contributed by atoms with Crippen molar-refractivity contribution in [2.24, 2.45) is 0 Å². The quantitative estimate of drug-likeness (QED) is 0.659. The molecule has 2 aliphatic heterocycles. The van der Waals surface area contributed by atoms with Crippen LogP contribution in [0.1, 0.15) is 24.2 Å². The molecule has 0 aliphatic carbocycles. The lowest BCUT2D eigenvalue weighted by Gasteiger charge is -2.38. The number of nitrogens with one attached hydrogen (secondary N) is 1. The van der Waals surface area contributed by atoms with E-state index in [1.165, 1.54) is 4.90 Å². The van der Waals surface area contributed by atoms with Crippen molar-refractivity contribution < 1.29 is 14.3 Å². The Bertz CT molecular complexity index is 979. The molecule has 2 aromatic carbocycles. The molecule has 4 rings (SSSR count). The van der Waals surface area contributed by atoms with Crippen LogP contribution < -0.4 is 15.1 Å². The van der Waals surface area contributed by atoms with E-state index < -0.39 is 0 Å². The Balaban J connectivity index is 1.26. The van der Waals surface area contributed by atoms with Gasteiger partial charge in [0.25, 0.3) is 5.91 Å². The monoisotopic (exact) mass is 479 g/mol. The molecule has 8 nitrogen and oxygen atoms in total. The lowest BCUT2D eigenvalue weighted by Crippen LogP contribution is -2.48. The molecule has 2 aromatic rings. The summed E-state index contributed by atoms with van der Waals surface area (Å²) in [6.07, 6.45) is 0. The molecule has 35 heavy (non-hydrogen) atoms. The molecule has 0 aromatic heterocycles. The van der Waals surface area contributed by atoms with Crippen LogP contribution >= 0.6 is 0 Å². The van der Waals surface area contributed by atoms with Crippen molar-refractivity contribution in [2.45, 2.75) is 19.9 Å². The predicted octanol–water partition coefficient (Wildman–Crippen LogP) is 2.76. The number of carbonyl (C=O) groups excluding carboxylic acids is 2. The summed E-state index contributed by atoms with van der Waals surface area (Å²) in [5.74, 6) is -0.390. The van der Waals surface area contributed by atoms with Crippen molar-refractivity contribution in [3.8, 4) is 0 Å². The van der Waals surface area contributed by atoms with Gasteiger partial charge in [0, 0.05) is 75.0 Å². The maximum Gasteiger partial charge on any atom is 0.254 e. The molecule has 0 unspecified atom stereocenters. The van der Waals surface area contributed by atoms with Crippen molar-refractivity contribution in [3.63, 3.8) is 0 Å². The third-order valence-corrected chi connectivity index (χ3v) is 6.78. The van der Waals surface area contributed by atoms with Crippen LogP contribution in [0.5, 0.6) is 0 Å². The summed E-state index contributed by atoms with van der Waals surface area (Å²) in [5, 5.41) is 2.89. The third kappa shape index (κ3) is 6.52. The van der Waals surface area contributed by atoms with Gasteiger partial charge in [-0.2, -0.15) is 0 Å². The highest BCUT2D eigenvalue weighted by molar-refractivity contribution is 5.99. The number of nitrogens with zero attached hydrogens (tertiary/aromatic N) is 4. The molecule has 1 N–H and O–H groups in total. The summed E-state index contributed by atoms with van der Waals surface area (Å²) in [5.41, 5.74) is 3.55. The van der Waals surface area contributed by atoms with Crippen molar-refractivity contribution >= 4 is 28.9 Å². The first-order valence-corrected chi connectivity index (χ1v) is 12.5. The number of carbonyl (C=O) groups is 2. The van der Waals surface area contributed by atoms with Crippen LogP contribution in [0.2, 0.25) is 0 Å². The standard InChI is InChI=1S/C27H37N5O3/c1-21(2)30-12-14-31(15-13-30)24-8-4-22(5-9-24)27(34)29(3)20-26(33)28-23-6-10-25(11-7-23)32-16-18-35-19-17-32/h4-11,21H,12-20H2,1-3H3,(H,28,33). The number of piperazine rings is 1. The highest BCUT2D eigenvalue weighted by Crippen LogP contribution is 2.20. The zero-order valence-electron chi connectivity index (χ0n) is 21.1. The van der Waals surface area contributed by atoms with Gasteiger partial charge in [-0.15, -0.1) is 0 Å². The number of rotatable bonds is 7. The lowest BCUT2D eigenvalue weighted by molar-refractivity contribution is -0.116. The SMILES string of the molecule is CC(C)N1CCN(c2ccc(C(=O)N(C)CC(=O)Nc3ccc(N4CCOCC4)cc3)cc2)CC1. The minimum atomic E-state index is -0.223. The summed E-state index contributed by atoms with van der Waals surface area (Å²) in [6, 6.07) is 16.1. The van der Waals surface area contributed by atoms with Crippen LogP contribution in [0.4, 0.5) is 17.1 Å². The number of morpholine rings is 1. The lowest BCUT2D eigenvalue weighted by atomic mass is 10.1. The van der Waals surface area contributed by atoms with E-state index in [1.54, 1.807) is 7.05 Å². The van der Waals surface area contributed by atoms with Gasteiger partial charge in [-0.25, -0.2) is 0 Å². The zero-order valence-corrected chi connectivity index (χ0v) is 21.1. The minimum absolute atomic E-state index is 0.0110. The highest BCUT2D eigenvalue weighted by atomic mass is 16.5. The Hall–Kier alpha value is -3.10. The van der Waals surface area contributed by atoms with Gasteiger partial charge in [-0.3, -0.25) is 14.5 Å². The average molecular weight is 480 g/mol. The molecular formula is C27H37N5O3. The second-order valence-electron chi connectivity index (χ2n) is 9.52. The van der Waals surface area contributed by atoms with E-state index in [0.717, 1.165) is 69.5 Å². The van der Waals surface area contributed by atoms with Crippen molar-refractivity contribution in [1.29, 1.82) is 0 Å². The molecule has 2 fully saturated rings. The van der Waals surface area contributed by atoms with Crippen molar-refractivity contribution in [2.75, 3.05) is 81.2 Å². The van der Waals surface area contributed by atoms with E-state index >= 15 is 0 Å². The zero-order chi connectivity index (χ0) is 24.8. The first kappa shape index (κ1) is 25.0. The fourth-order valence-corrected chi connectivity index (χ4v) is 4.60. The minimum Gasteiger partial charge on any atom is -0.378 e. The van der Waals surface area contributed by atoms with E-state index in [9.17, 15) is 9.59 Å². The summed E-state index contributed by atoms with van der Waals surface area (Å²) in [6.45, 7) is 11.7. The number of ether oxygens (including phenoxy) is 1. The molecule has 0 atom stereocenters. The Labute approximate surface area is 208 Å². The van der Waals surface area contributed by atoms with Gasteiger partial charge in [-0.1, -0.05) is 0 Å². The highest BCUT2D eigenvalue weighted by Gasteiger charge is 2.20. The van der Waals surface area contributed by atoms with E-state index in [-0.39, 0.29) is 18.4 Å². The molecule has 0 bridgehead atoms. The Morgan fingerprint density at radius 1 is 0.857 bits per heavy atom. The predicted molar refractivity (Wildman–Crippen MR) is 140 cm³/mol. The van der Waals surface area contributed by atoms with Gasteiger partial charge in [0.15, 0.2) is 0 Å². The second-order valence-corrected chi connectivity index (χ2v) is 9.52. The Morgan fingerprint density at radius 2 is 1.40 bits per heavy atom. The molecule has 2 heterocycles. The second kappa shape index (κ2) is 11.6. The molecule has 2 saturated heterocycles. The molecule has 2 aliphatic rings. The fourth-order valence-electron chi connectivity index (χ4n) is 4.60. The van der Waals surface area contributed by atoms with Crippen molar-refractivity contribution in [1.82, 2.24) is 9.80 Å². The van der Waals surface area contributed by atoms with Crippen LogP contribution in [-0.4, -0.2) is 93.7 Å². The molecule has 0 radical (unpaired) electrons. The molecule has 188 valence electrons. The van der Waals surface area contributed by atoms with Crippen LogP contribution in [0.25, 0.3) is 0 Å². The Kier molecular flexibility index (Phi) is 8.25. The van der Waals surface area contributed by atoms with Crippen LogP contribution in [0.15, 0.2) is 48.5 Å². The number of amides is 2. The first-order chi connectivity index (χ1) is 16.9. The smallest absolute Gasteiger partial charge is 0.254 e. The summed E-state index contributed by atoms with van der Waals surface area (Å²) < 4.78 is 5.40. The maximum absolute atomic E-state index is 12.9. The van der Waals surface area contributed by atoms with Crippen molar-refractivity contribution in [3.05, 3.63) is 54.1 Å². The van der Waals surface area contributed by atoms with Crippen LogP contribution in [0, 0.1) is 0 Å². The average Bonchev–Trinajstić information content (AvgIpc) is 2.89. The maximum atomic E-state index is 12.9. The summed E-state index contributed by atoms with van der Waals surface area (Å²) in [4.78, 5) is 34.0. The number of likely N-dealkylation sites (N-methyl/N-ethyl adjacent to an activating group) is 1. The normalized spacial score (nSPS) is 16.9. The molecular weight excluding hydrogens is 442 g/mol.